The molecular weight excluding hydrogens is 202 g/mol. The van der Waals surface area contributed by atoms with E-state index in [4.69, 9.17) is 10.2 Å². The standard InChI is InChI=1S/C12H21N3O/c1-2-15-8-4-6-11(15)12-14-9-10(16-12)5-3-7-13/h9,11H,2-8,13H2,1H3. The molecule has 1 saturated heterocycles. The summed E-state index contributed by atoms with van der Waals surface area (Å²) in [6.07, 6.45) is 6.15. The minimum Gasteiger partial charge on any atom is -0.444 e. The molecule has 1 aromatic rings. The van der Waals surface area contributed by atoms with Crippen molar-refractivity contribution in [3.63, 3.8) is 0 Å². The van der Waals surface area contributed by atoms with Crippen LogP contribution in [-0.2, 0) is 6.42 Å². The second-order valence-corrected chi connectivity index (χ2v) is 4.34. The van der Waals surface area contributed by atoms with Gasteiger partial charge in [-0.05, 0) is 38.9 Å². The molecule has 0 saturated carbocycles. The Hall–Kier alpha value is -0.870. The third kappa shape index (κ3) is 2.44. The summed E-state index contributed by atoms with van der Waals surface area (Å²) in [6.45, 7) is 5.14. The average Bonchev–Trinajstić information content (AvgIpc) is 2.94. The van der Waals surface area contributed by atoms with Crippen LogP contribution >= 0.6 is 0 Å². The van der Waals surface area contributed by atoms with Crippen LogP contribution in [0.4, 0.5) is 0 Å². The largest absolute Gasteiger partial charge is 0.444 e. The van der Waals surface area contributed by atoms with Crippen molar-refractivity contribution in [2.24, 2.45) is 5.73 Å². The Morgan fingerprint density at radius 2 is 2.50 bits per heavy atom. The summed E-state index contributed by atoms with van der Waals surface area (Å²) in [5.41, 5.74) is 5.48. The lowest BCUT2D eigenvalue weighted by Crippen LogP contribution is -2.22. The van der Waals surface area contributed by atoms with Gasteiger partial charge in [0.1, 0.15) is 5.76 Å². The van der Waals surface area contributed by atoms with E-state index in [0.717, 1.165) is 31.0 Å². The SMILES string of the molecule is CCN1CCCC1c1ncc(CCCN)o1. The molecule has 1 fully saturated rings. The monoisotopic (exact) mass is 223 g/mol. The Morgan fingerprint density at radius 1 is 1.62 bits per heavy atom. The van der Waals surface area contributed by atoms with E-state index in [1.165, 1.54) is 19.4 Å². The van der Waals surface area contributed by atoms with Crippen LogP contribution in [0, 0.1) is 0 Å². The van der Waals surface area contributed by atoms with Gasteiger partial charge < -0.3 is 10.2 Å². The highest BCUT2D eigenvalue weighted by molar-refractivity contribution is 5.00. The quantitative estimate of drug-likeness (QED) is 0.826. The number of nitrogens with zero attached hydrogens (tertiary/aromatic N) is 2. The molecule has 90 valence electrons. The molecule has 16 heavy (non-hydrogen) atoms. The van der Waals surface area contributed by atoms with Crippen molar-refractivity contribution in [3.05, 3.63) is 17.8 Å². The van der Waals surface area contributed by atoms with Gasteiger partial charge >= 0.3 is 0 Å². The number of oxazole rings is 1. The first-order chi connectivity index (χ1) is 7.85. The maximum Gasteiger partial charge on any atom is 0.211 e. The van der Waals surface area contributed by atoms with E-state index in [1.807, 2.05) is 6.20 Å². The van der Waals surface area contributed by atoms with Gasteiger partial charge in [0.05, 0.1) is 12.2 Å². The van der Waals surface area contributed by atoms with Gasteiger partial charge in [0.2, 0.25) is 5.89 Å². The number of likely N-dealkylation sites (tertiary alicyclic amines) is 1. The van der Waals surface area contributed by atoms with Crippen molar-refractivity contribution in [3.8, 4) is 0 Å². The van der Waals surface area contributed by atoms with E-state index >= 15 is 0 Å². The molecule has 2 rings (SSSR count). The summed E-state index contributed by atoms with van der Waals surface area (Å²) in [7, 11) is 0. The third-order valence-corrected chi connectivity index (χ3v) is 3.25. The van der Waals surface area contributed by atoms with Gasteiger partial charge in [-0.25, -0.2) is 4.98 Å². The minimum absolute atomic E-state index is 0.400. The summed E-state index contributed by atoms with van der Waals surface area (Å²) in [5.74, 6) is 1.87. The average molecular weight is 223 g/mol. The van der Waals surface area contributed by atoms with Crippen molar-refractivity contribution in [2.45, 2.75) is 38.6 Å². The number of aromatic nitrogens is 1. The summed E-state index contributed by atoms with van der Waals surface area (Å²) in [5, 5.41) is 0. The maximum atomic E-state index is 5.79. The summed E-state index contributed by atoms with van der Waals surface area (Å²) < 4.78 is 5.79. The van der Waals surface area contributed by atoms with Crippen molar-refractivity contribution in [2.75, 3.05) is 19.6 Å². The van der Waals surface area contributed by atoms with Gasteiger partial charge in [-0.1, -0.05) is 6.92 Å². The molecule has 1 unspecified atom stereocenters. The zero-order valence-corrected chi connectivity index (χ0v) is 9.98. The lowest BCUT2D eigenvalue weighted by Gasteiger charge is -2.19. The Bertz CT molecular complexity index is 324. The van der Waals surface area contributed by atoms with Crippen molar-refractivity contribution >= 4 is 0 Å². The second kappa shape index (κ2) is 5.46. The van der Waals surface area contributed by atoms with Gasteiger partial charge in [0.15, 0.2) is 0 Å². The molecule has 1 atom stereocenters. The number of nitrogens with two attached hydrogens (primary N) is 1. The predicted molar refractivity (Wildman–Crippen MR) is 63.1 cm³/mol. The fraction of sp³-hybridized carbons (Fsp3) is 0.750. The molecule has 0 spiro atoms. The van der Waals surface area contributed by atoms with Crippen LogP contribution in [0.2, 0.25) is 0 Å². The van der Waals surface area contributed by atoms with Gasteiger partial charge in [-0.15, -0.1) is 0 Å². The molecule has 4 heteroatoms. The number of hydrogen-bond donors (Lipinski definition) is 1. The molecule has 1 aliphatic heterocycles. The van der Waals surface area contributed by atoms with Crippen molar-refractivity contribution in [1.82, 2.24) is 9.88 Å². The summed E-state index contributed by atoms with van der Waals surface area (Å²) >= 11 is 0. The summed E-state index contributed by atoms with van der Waals surface area (Å²) in [4.78, 5) is 6.83. The van der Waals surface area contributed by atoms with Gasteiger partial charge in [0.25, 0.3) is 0 Å². The smallest absolute Gasteiger partial charge is 0.211 e. The molecule has 2 heterocycles. The molecule has 0 bridgehead atoms. The summed E-state index contributed by atoms with van der Waals surface area (Å²) in [6, 6.07) is 0.400. The second-order valence-electron chi connectivity index (χ2n) is 4.34. The van der Waals surface area contributed by atoms with E-state index < -0.39 is 0 Å². The first-order valence-corrected chi connectivity index (χ1v) is 6.24. The van der Waals surface area contributed by atoms with Gasteiger partial charge in [0, 0.05) is 6.42 Å². The number of hydrogen-bond acceptors (Lipinski definition) is 4. The van der Waals surface area contributed by atoms with Crippen LogP contribution in [0.3, 0.4) is 0 Å². The Morgan fingerprint density at radius 3 is 3.25 bits per heavy atom. The van der Waals surface area contributed by atoms with Crippen LogP contribution in [-0.4, -0.2) is 29.5 Å². The van der Waals surface area contributed by atoms with Gasteiger partial charge in [-0.2, -0.15) is 0 Å². The van der Waals surface area contributed by atoms with Crippen LogP contribution in [0.25, 0.3) is 0 Å². The highest BCUT2D eigenvalue weighted by Gasteiger charge is 2.28. The Labute approximate surface area is 96.8 Å². The van der Waals surface area contributed by atoms with E-state index in [0.29, 0.717) is 12.6 Å². The Kier molecular flexibility index (Phi) is 3.96. The lowest BCUT2D eigenvalue weighted by atomic mass is 10.2. The lowest BCUT2D eigenvalue weighted by molar-refractivity contribution is 0.230. The number of aryl methyl sites for hydroxylation is 1. The molecule has 4 nitrogen and oxygen atoms in total. The third-order valence-electron chi connectivity index (χ3n) is 3.25. The van der Waals surface area contributed by atoms with E-state index in [-0.39, 0.29) is 0 Å². The van der Waals surface area contributed by atoms with Crippen LogP contribution in [0.1, 0.15) is 43.9 Å². The highest BCUT2D eigenvalue weighted by Crippen LogP contribution is 2.31. The van der Waals surface area contributed by atoms with E-state index in [2.05, 4.69) is 16.8 Å². The fourth-order valence-corrected chi connectivity index (χ4v) is 2.35. The molecule has 0 aliphatic carbocycles. The van der Waals surface area contributed by atoms with Crippen molar-refractivity contribution < 1.29 is 4.42 Å². The normalized spacial score (nSPS) is 21.8. The maximum absolute atomic E-state index is 5.79. The fourth-order valence-electron chi connectivity index (χ4n) is 2.35. The zero-order chi connectivity index (χ0) is 11.4. The van der Waals surface area contributed by atoms with E-state index in [1.54, 1.807) is 0 Å². The van der Waals surface area contributed by atoms with Crippen LogP contribution in [0.15, 0.2) is 10.6 Å². The Balaban J connectivity index is 2.00. The molecule has 0 amide bonds. The molecular formula is C12H21N3O. The highest BCUT2D eigenvalue weighted by atomic mass is 16.4. The zero-order valence-electron chi connectivity index (χ0n) is 9.98. The molecule has 2 N–H and O–H groups in total. The molecule has 1 aliphatic rings. The topological polar surface area (TPSA) is 55.3 Å². The molecule has 1 aromatic heterocycles. The van der Waals surface area contributed by atoms with Gasteiger partial charge in [-0.3, -0.25) is 4.90 Å². The first kappa shape index (κ1) is 11.6. The molecule has 0 aromatic carbocycles. The van der Waals surface area contributed by atoms with Crippen molar-refractivity contribution in [1.29, 1.82) is 0 Å². The van der Waals surface area contributed by atoms with E-state index in [9.17, 15) is 0 Å². The molecule has 0 radical (unpaired) electrons. The first-order valence-electron chi connectivity index (χ1n) is 6.24. The van der Waals surface area contributed by atoms with Crippen LogP contribution in [0.5, 0.6) is 0 Å². The minimum atomic E-state index is 0.400. The predicted octanol–water partition coefficient (Wildman–Crippen LogP) is 1.72. The van der Waals surface area contributed by atoms with Crippen LogP contribution < -0.4 is 5.73 Å². The number of rotatable bonds is 5.